The van der Waals surface area contributed by atoms with E-state index in [1.807, 2.05) is 24.3 Å². The second-order valence-electron chi connectivity index (χ2n) is 15.8. The smallest absolute Gasteiger partial charge is 0.306 e. The molecule has 0 aliphatic rings. The molecule has 0 aliphatic heterocycles. The van der Waals surface area contributed by atoms with E-state index in [9.17, 15) is 30.6 Å². The summed E-state index contributed by atoms with van der Waals surface area (Å²) in [7, 11) is 0. The van der Waals surface area contributed by atoms with Crippen molar-refractivity contribution in [3.63, 3.8) is 0 Å². The van der Waals surface area contributed by atoms with Gasteiger partial charge in [0.25, 0.3) is 0 Å². The normalized spacial score (nSPS) is 13.0. The first-order chi connectivity index (χ1) is 27.4. The van der Waals surface area contributed by atoms with Crippen molar-refractivity contribution in [2.24, 2.45) is 23.7 Å². The maximum absolute atomic E-state index is 12.3. The van der Waals surface area contributed by atoms with E-state index < -0.39 is 0 Å². The van der Waals surface area contributed by atoms with Crippen molar-refractivity contribution < 1.29 is 19.1 Å². The van der Waals surface area contributed by atoms with Gasteiger partial charge in [0.05, 0.1) is 47.9 Å². The van der Waals surface area contributed by atoms with Crippen LogP contribution in [0, 0.1) is 69.0 Å². The predicted molar refractivity (Wildman–Crippen MR) is 223 cm³/mol. The zero-order chi connectivity index (χ0) is 40.9. The molecule has 4 atom stereocenters. The SMILES string of the molecule is CCCCCCCC(C#N)C(C#N)CCCCCCCCC(=O)OCc1ccc(COC(=O)CCCCCCCCC(C#N)C(C#N)CCCCCCC)cc1. The first-order valence-electron chi connectivity index (χ1n) is 22.4. The number of benzene rings is 1. The van der Waals surface area contributed by atoms with Gasteiger partial charge < -0.3 is 9.47 Å². The zero-order valence-corrected chi connectivity index (χ0v) is 35.3. The summed E-state index contributed by atoms with van der Waals surface area (Å²) in [6.07, 6.45) is 27.5. The molecule has 8 heteroatoms. The van der Waals surface area contributed by atoms with Gasteiger partial charge in [0.15, 0.2) is 0 Å². The Labute approximate surface area is 341 Å². The van der Waals surface area contributed by atoms with Crippen molar-refractivity contribution in [3.05, 3.63) is 35.4 Å². The molecule has 0 aromatic heterocycles. The summed E-state index contributed by atoms with van der Waals surface area (Å²) in [6, 6.07) is 17.1. The summed E-state index contributed by atoms with van der Waals surface area (Å²) in [5.41, 5.74) is 1.79. The minimum Gasteiger partial charge on any atom is -0.461 e. The molecule has 0 heterocycles. The first kappa shape index (κ1) is 50.1. The topological polar surface area (TPSA) is 148 Å². The Morgan fingerprint density at radius 1 is 0.429 bits per heavy atom. The fraction of sp³-hybridized carbons (Fsp3) is 0.750. The van der Waals surface area contributed by atoms with Crippen LogP contribution in [0.3, 0.4) is 0 Å². The second-order valence-corrected chi connectivity index (χ2v) is 15.8. The standard InChI is InChI=1S/C48H74N4O4/c1-3-5-7-13-19-25-43(35-49)45(37-51)27-21-15-9-11-17-23-29-47(53)55-39-41-31-33-42(34-32-41)40-56-48(54)30-24-18-12-10-16-22-28-46(38-52)44(36-50)26-20-14-8-6-4-2/h31-34,43-46H,3-30,39-40H2,1-2H3. The van der Waals surface area contributed by atoms with Crippen LogP contribution in [0.15, 0.2) is 24.3 Å². The van der Waals surface area contributed by atoms with Gasteiger partial charge in [-0.2, -0.15) is 21.0 Å². The summed E-state index contributed by atoms with van der Waals surface area (Å²) in [5.74, 6) is -1.03. The Hall–Kier alpha value is -3.88. The molecule has 0 saturated heterocycles. The molecule has 0 amide bonds. The van der Waals surface area contributed by atoms with E-state index >= 15 is 0 Å². The molecule has 0 saturated carbocycles. The van der Waals surface area contributed by atoms with Crippen LogP contribution in [0.2, 0.25) is 0 Å². The molecule has 0 aliphatic carbocycles. The fourth-order valence-corrected chi connectivity index (χ4v) is 7.24. The predicted octanol–water partition coefficient (Wildman–Crippen LogP) is 13.3. The summed E-state index contributed by atoms with van der Waals surface area (Å²) >= 11 is 0. The lowest BCUT2D eigenvalue weighted by atomic mass is 9.86. The molecule has 1 aromatic carbocycles. The highest BCUT2D eigenvalue weighted by atomic mass is 16.5. The molecule has 0 N–H and O–H groups in total. The number of nitrogens with zero attached hydrogens (tertiary/aromatic N) is 4. The number of ether oxygens (including phenoxy) is 2. The number of carbonyl (C=O) groups excluding carboxylic acids is 2. The second kappa shape index (κ2) is 35.5. The van der Waals surface area contributed by atoms with Crippen molar-refractivity contribution in [1.29, 1.82) is 21.0 Å². The van der Waals surface area contributed by atoms with Crippen molar-refractivity contribution in [1.82, 2.24) is 0 Å². The van der Waals surface area contributed by atoms with E-state index in [2.05, 4.69) is 38.1 Å². The number of hydrogen-bond acceptors (Lipinski definition) is 8. The summed E-state index contributed by atoms with van der Waals surface area (Å²) in [5, 5.41) is 38.3. The third kappa shape index (κ3) is 26.1. The highest BCUT2D eigenvalue weighted by Crippen LogP contribution is 2.26. The Kier molecular flexibility index (Phi) is 31.8. The van der Waals surface area contributed by atoms with Crippen molar-refractivity contribution in [2.45, 2.75) is 207 Å². The molecule has 0 radical (unpaired) electrons. The molecule has 0 spiro atoms. The molecule has 0 fully saturated rings. The molecular weight excluding hydrogens is 697 g/mol. The number of rotatable bonds is 36. The summed E-state index contributed by atoms with van der Waals surface area (Å²) in [4.78, 5) is 24.5. The highest BCUT2D eigenvalue weighted by molar-refractivity contribution is 5.69. The van der Waals surface area contributed by atoms with Crippen molar-refractivity contribution in [3.8, 4) is 24.3 Å². The summed E-state index contributed by atoms with van der Waals surface area (Å²) < 4.78 is 10.9. The van der Waals surface area contributed by atoms with E-state index in [0.29, 0.717) is 12.8 Å². The van der Waals surface area contributed by atoms with E-state index in [1.54, 1.807) is 0 Å². The van der Waals surface area contributed by atoms with Crippen LogP contribution in [0.25, 0.3) is 0 Å². The number of esters is 2. The van der Waals surface area contributed by atoms with Gasteiger partial charge in [-0.15, -0.1) is 0 Å². The Morgan fingerprint density at radius 2 is 0.679 bits per heavy atom. The van der Waals surface area contributed by atoms with Gasteiger partial charge in [0.1, 0.15) is 13.2 Å². The number of nitriles is 4. The average molecular weight is 771 g/mol. The first-order valence-corrected chi connectivity index (χ1v) is 22.4. The highest BCUT2D eigenvalue weighted by Gasteiger charge is 2.21. The van der Waals surface area contributed by atoms with Gasteiger partial charge in [-0.1, -0.05) is 167 Å². The molecule has 56 heavy (non-hydrogen) atoms. The third-order valence-corrected chi connectivity index (χ3v) is 11.0. The number of carbonyl (C=O) groups is 2. The molecular formula is C48H74N4O4. The minimum absolute atomic E-state index is 0.152. The Bertz CT molecular complexity index is 1220. The Balaban J connectivity index is 2.09. The van der Waals surface area contributed by atoms with Crippen LogP contribution in [-0.4, -0.2) is 11.9 Å². The fourth-order valence-electron chi connectivity index (χ4n) is 7.24. The monoisotopic (exact) mass is 771 g/mol. The van der Waals surface area contributed by atoms with Crippen LogP contribution in [0.1, 0.15) is 205 Å². The molecule has 0 bridgehead atoms. The van der Waals surface area contributed by atoms with Crippen molar-refractivity contribution in [2.75, 3.05) is 0 Å². The maximum atomic E-state index is 12.3. The minimum atomic E-state index is -0.197. The average Bonchev–Trinajstić information content (AvgIpc) is 3.22. The molecule has 8 nitrogen and oxygen atoms in total. The van der Waals surface area contributed by atoms with Gasteiger partial charge in [0, 0.05) is 12.8 Å². The molecule has 310 valence electrons. The van der Waals surface area contributed by atoms with E-state index in [4.69, 9.17) is 9.47 Å². The molecule has 1 aromatic rings. The lowest BCUT2D eigenvalue weighted by Gasteiger charge is -2.15. The van der Waals surface area contributed by atoms with Crippen LogP contribution in [-0.2, 0) is 32.3 Å². The van der Waals surface area contributed by atoms with Crippen molar-refractivity contribution >= 4 is 11.9 Å². The molecule has 4 unspecified atom stereocenters. The maximum Gasteiger partial charge on any atom is 0.306 e. The van der Waals surface area contributed by atoms with E-state index in [0.717, 1.165) is 140 Å². The number of hydrogen-bond donors (Lipinski definition) is 0. The largest absolute Gasteiger partial charge is 0.461 e. The van der Waals surface area contributed by atoms with Gasteiger partial charge in [0.2, 0.25) is 0 Å². The van der Waals surface area contributed by atoms with Crippen LogP contribution in [0.4, 0.5) is 0 Å². The van der Waals surface area contributed by atoms with Crippen LogP contribution < -0.4 is 0 Å². The third-order valence-electron chi connectivity index (χ3n) is 11.0. The van der Waals surface area contributed by atoms with Crippen LogP contribution >= 0.6 is 0 Å². The zero-order valence-electron chi connectivity index (χ0n) is 35.3. The molecule has 1 rings (SSSR count). The van der Waals surface area contributed by atoms with E-state index in [1.165, 1.54) is 38.5 Å². The summed E-state index contributed by atoms with van der Waals surface area (Å²) in [6.45, 7) is 4.83. The van der Waals surface area contributed by atoms with Gasteiger partial charge in [-0.3, -0.25) is 9.59 Å². The lowest BCUT2D eigenvalue weighted by molar-refractivity contribution is -0.146. The Morgan fingerprint density at radius 3 is 0.946 bits per heavy atom. The van der Waals surface area contributed by atoms with Gasteiger partial charge in [-0.25, -0.2) is 0 Å². The van der Waals surface area contributed by atoms with Gasteiger partial charge in [-0.05, 0) is 49.7 Å². The quantitative estimate of drug-likeness (QED) is 0.0483. The number of unbranched alkanes of at least 4 members (excludes halogenated alkanes) is 18. The van der Waals surface area contributed by atoms with Gasteiger partial charge >= 0.3 is 11.9 Å². The lowest BCUT2D eigenvalue weighted by Crippen LogP contribution is -2.11. The van der Waals surface area contributed by atoms with E-state index in [-0.39, 0.29) is 48.8 Å². The van der Waals surface area contributed by atoms with Crippen LogP contribution in [0.5, 0.6) is 0 Å².